The fourth-order valence-corrected chi connectivity index (χ4v) is 2.16. The number of nitrogen functional groups attached to an aromatic ring is 1. The first kappa shape index (κ1) is 11.6. The molecule has 0 unspecified atom stereocenters. The molecule has 1 heterocycles. The molecule has 4 N–H and O–H groups in total. The van der Waals surface area contributed by atoms with Crippen molar-refractivity contribution in [3.8, 4) is 0 Å². The summed E-state index contributed by atoms with van der Waals surface area (Å²) in [5.41, 5.74) is 2.50. The van der Waals surface area contributed by atoms with Crippen LogP contribution in [0.25, 0.3) is 0 Å². The first-order chi connectivity index (χ1) is 7.77. The fourth-order valence-electron chi connectivity index (χ4n) is 1.62. The number of aliphatic hydroxyl groups is 1. The van der Waals surface area contributed by atoms with E-state index in [2.05, 4.69) is 36.2 Å². The highest BCUT2D eigenvalue weighted by Crippen LogP contribution is 2.36. The van der Waals surface area contributed by atoms with Gasteiger partial charge in [-0.25, -0.2) is 15.8 Å². The molecule has 0 atom stereocenters. The second-order valence-corrected chi connectivity index (χ2v) is 4.45. The molecule has 7 heteroatoms. The average Bonchev–Trinajstić information content (AvgIpc) is 3.11. The number of halogens is 1. The third-order valence-electron chi connectivity index (χ3n) is 2.51. The molecule has 88 valence electrons. The Balaban J connectivity index is 2.29. The van der Waals surface area contributed by atoms with Crippen LogP contribution in [0.3, 0.4) is 0 Å². The summed E-state index contributed by atoms with van der Waals surface area (Å²) >= 11 is 3.42. The molecule has 0 aromatic carbocycles. The SMILES string of the molecule is NNc1ncnc(N(CCO)C2CC2)c1Br. The van der Waals surface area contributed by atoms with E-state index in [1.54, 1.807) is 0 Å². The zero-order valence-electron chi connectivity index (χ0n) is 8.73. The van der Waals surface area contributed by atoms with Crippen LogP contribution in [-0.4, -0.2) is 34.3 Å². The van der Waals surface area contributed by atoms with E-state index in [0.717, 1.165) is 23.1 Å². The molecule has 0 spiro atoms. The van der Waals surface area contributed by atoms with E-state index in [0.29, 0.717) is 18.4 Å². The lowest BCUT2D eigenvalue weighted by Crippen LogP contribution is -2.30. The molecule has 0 amide bonds. The summed E-state index contributed by atoms with van der Waals surface area (Å²) in [6.45, 7) is 0.683. The van der Waals surface area contributed by atoms with Crippen LogP contribution in [0.4, 0.5) is 11.6 Å². The van der Waals surface area contributed by atoms with Gasteiger partial charge in [0.25, 0.3) is 0 Å². The second kappa shape index (κ2) is 4.94. The van der Waals surface area contributed by atoms with Crippen LogP contribution < -0.4 is 16.2 Å². The molecule has 1 aromatic rings. The number of anilines is 2. The van der Waals surface area contributed by atoms with Gasteiger partial charge in [-0.1, -0.05) is 0 Å². The van der Waals surface area contributed by atoms with Gasteiger partial charge in [-0.3, -0.25) is 0 Å². The van der Waals surface area contributed by atoms with Gasteiger partial charge < -0.3 is 15.4 Å². The highest BCUT2D eigenvalue weighted by molar-refractivity contribution is 9.10. The van der Waals surface area contributed by atoms with Crippen molar-refractivity contribution in [2.45, 2.75) is 18.9 Å². The maximum Gasteiger partial charge on any atom is 0.159 e. The van der Waals surface area contributed by atoms with Crippen LogP contribution in [0.1, 0.15) is 12.8 Å². The molecular formula is C9H14BrN5O. The van der Waals surface area contributed by atoms with Gasteiger partial charge in [0.05, 0.1) is 6.61 Å². The summed E-state index contributed by atoms with van der Waals surface area (Å²) in [6, 6.07) is 0.476. The van der Waals surface area contributed by atoms with Crippen LogP contribution in [0.5, 0.6) is 0 Å². The number of nitrogens with two attached hydrogens (primary N) is 1. The molecule has 1 aromatic heterocycles. The van der Waals surface area contributed by atoms with Crippen LogP contribution in [0, 0.1) is 0 Å². The molecule has 0 saturated heterocycles. The molecule has 1 fully saturated rings. The van der Waals surface area contributed by atoms with E-state index in [1.165, 1.54) is 6.33 Å². The maximum atomic E-state index is 9.05. The standard InChI is InChI=1S/C9H14BrN5O/c10-7-8(14-11)12-5-13-9(7)15(3-4-16)6-1-2-6/h5-6,16H,1-4,11H2,(H,12,13,14). The number of nitrogens with one attached hydrogen (secondary N) is 1. The van der Waals surface area contributed by atoms with Gasteiger partial charge in [-0.15, -0.1) is 0 Å². The van der Waals surface area contributed by atoms with E-state index in [-0.39, 0.29) is 6.61 Å². The molecule has 1 saturated carbocycles. The normalized spacial score (nSPS) is 14.9. The van der Waals surface area contributed by atoms with Crippen molar-refractivity contribution in [2.24, 2.45) is 5.84 Å². The fraction of sp³-hybridized carbons (Fsp3) is 0.556. The summed E-state index contributed by atoms with van der Waals surface area (Å²) in [5, 5.41) is 9.05. The van der Waals surface area contributed by atoms with E-state index in [4.69, 9.17) is 10.9 Å². The van der Waals surface area contributed by atoms with E-state index in [9.17, 15) is 0 Å². The Morgan fingerprint density at radius 3 is 2.88 bits per heavy atom. The van der Waals surface area contributed by atoms with E-state index in [1.807, 2.05) is 0 Å². The number of nitrogens with zero attached hydrogens (tertiary/aromatic N) is 3. The van der Waals surface area contributed by atoms with Crippen molar-refractivity contribution in [1.82, 2.24) is 9.97 Å². The minimum atomic E-state index is 0.109. The molecule has 16 heavy (non-hydrogen) atoms. The first-order valence-corrected chi connectivity index (χ1v) is 5.92. The number of hydrogen-bond acceptors (Lipinski definition) is 6. The Labute approximate surface area is 102 Å². The van der Waals surface area contributed by atoms with Gasteiger partial charge in [0.1, 0.15) is 16.6 Å². The van der Waals surface area contributed by atoms with Crippen molar-refractivity contribution in [3.63, 3.8) is 0 Å². The highest BCUT2D eigenvalue weighted by atomic mass is 79.9. The monoisotopic (exact) mass is 287 g/mol. The minimum Gasteiger partial charge on any atom is -0.395 e. The maximum absolute atomic E-state index is 9.05. The minimum absolute atomic E-state index is 0.109. The quantitative estimate of drug-likeness (QED) is 0.540. The molecule has 0 radical (unpaired) electrons. The number of hydrazine groups is 1. The van der Waals surface area contributed by atoms with Crippen molar-refractivity contribution in [3.05, 3.63) is 10.8 Å². The van der Waals surface area contributed by atoms with Crippen LogP contribution >= 0.6 is 15.9 Å². The lowest BCUT2D eigenvalue weighted by atomic mass is 10.4. The Morgan fingerprint density at radius 2 is 2.31 bits per heavy atom. The summed E-state index contributed by atoms with van der Waals surface area (Å²) in [7, 11) is 0. The number of rotatable bonds is 5. The van der Waals surface area contributed by atoms with Crippen LogP contribution in [0.2, 0.25) is 0 Å². The zero-order valence-corrected chi connectivity index (χ0v) is 10.3. The molecule has 0 bridgehead atoms. The number of hydrogen-bond donors (Lipinski definition) is 3. The first-order valence-electron chi connectivity index (χ1n) is 5.12. The zero-order chi connectivity index (χ0) is 11.5. The summed E-state index contributed by atoms with van der Waals surface area (Å²) in [4.78, 5) is 10.3. The smallest absolute Gasteiger partial charge is 0.159 e. The second-order valence-electron chi connectivity index (χ2n) is 3.65. The van der Waals surface area contributed by atoms with Crippen molar-refractivity contribution < 1.29 is 5.11 Å². The Hall–Kier alpha value is -0.920. The third-order valence-corrected chi connectivity index (χ3v) is 3.24. The van der Waals surface area contributed by atoms with Gasteiger partial charge in [0.2, 0.25) is 0 Å². The molecule has 0 aliphatic heterocycles. The summed E-state index contributed by atoms with van der Waals surface area (Å²) in [6.07, 6.45) is 3.74. The van der Waals surface area contributed by atoms with E-state index < -0.39 is 0 Å². The topological polar surface area (TPSA) is 87.3 Å². The number of aliphatic hydroxyl groups excluding tert-OH is 1. The molecule has 6 nitrogen and oxygen atoms in total. The van der Waals surface area contributed by atoms with Gasteiger partial charge in [-0.05, 0) is 28.8 Å². The lowest BCUT2D eigenvalue weighted by molar-refractivity contribution is 0.301. The Morgan fingerprint density at radius 1 is 1.56 bits per heavy atom. The molecular weight excluding hydrogens is 274 g/mol. The van der Waals surface area contributed by atoms with Crippen molar-refractivity contribution in [1.29, 1.82) is 0 Å². The molecule has 1 aliphatic rings. The molecule has 1 aliphatic carbocycles. The van der Waals surface area contributed by atoms with Crippen LogP contribution in [0.15, 0.2) is 10.8 Å². The lowest BCUT2D eigenvalue weighted by Gasteiger charge is -2.23. The largest absolute Gasteiger partial charge is 0.395 e. The summed E-state index contributed by atoms with van der Waals surface area (Å²) < 4.78 is 0.734. The van der Waals surface area contributed by atoms with Gasteiger partial charge in [0.15, 0.2) is 5.82 Å². The highest BCUT2D eigenvalue weighted by Gasteiger charge is 2.31. The van der Waals surface area contributed by atoms with Crippen molar-refractivity contribution in [2.75, 3.05) is 23.5 Å². The van der Waals surface area contributed by atoms with Gasteiger partial charge in [0, 0.05) is 12.6 Å². The van der Waals surface area contributed by atoms with Gasteiger partial charge in [-0.2, -0.15) is 0 Å². The van der Waals surface area contributed by atoms with E-state index >= 15 is 0 Å². The van der Waals surface area contributed by atoms with Gasteiger partial charge >= 0.3 is 0 Å². The summed E-state index contributed by atoms with van der Waals surface area (Å²) in [5.74, 6) is 6.67. The third kappa shape index (κ3) is 2.26. The predicted molar refractivity (Wildman–Crippen MR) is 65.0 cm³/mol. The van der Waals surface area contributed by atoms with Crippen molar-refractivity contribution >= 4 is 27.6 Å². The van der Waals surface area contributed by atoms with Crippen LogP contribution in [-0.2, 0) is 0 Å². The average molecular weight is 288 g/mol. The Bertz CT molecular complexity index is 371. The molecule has 2 rings (SSSR count). The Kier molecular flexibility index (Phi) is 3.57. The number of aromatic nitrogens is 2. The predicted octanol–water partition coefficient (Wildman–Crippen LogP) is 0.486.